The van der Waals surface area contributed by atoms with Crippen LogP contribution in [-0.4, -0.2) is 11.7 Å². The molecular formula is C17H21N3O2. The molecule has 0 atom stereocenters. The van der Waals surface area contributed by atoms with Crippen LogP contribution in [0.4, 0.5) is 21.9 Å². The van der Waals surface area contributed by atoms with E-state index in [9.17, 15) is 4.79 Å². The molecule has 5 N–H and O–H groups in total. The lowest BCUT2D eigenvalue weighted by molar-refractivity contribution is 0.0636. The number of benzene rings is 2. The summed E-state index contributed by atoms with van der Waals surface area (Å²) in [5, 5.41) is 2.70. The lowest BCUT2D eigenvalue weighted by Gasteiger charge is -2.20. The number of amides is 1. The SMILES string of the molecule is CC(C)(C)OC(=O)Nc1ccc(N)c(-c2ccccc2N)c1. The largest absolute Gasteiger partial charge is 0.444 e. The van der Waals surface area contributed by atoms with Crippen LogP contribution in [0.3, 0.4) is 0 Å². The first-order valence-corrected chi connectivity index (χ1v) is 7.01. The number of rotatable bonds is 2. The summed E-state index contributed by atoms with van der Waals surface area (Å²) in [6, 6.07) is 12.7. The predicted molar refractivity (Wildman–Crippen MR) is 90.6 cm³/mol. The monoisotopic (exact) mass is 299 g/mol. The smallest absolute Gasteiger partial charge is 0.412 e. The number of para-hydroxylation sites is 1. The van der Waals surface area contributed by atoms with Gasteiger partial charge in [0.25, 0.3) is 0 Å². The summed E-state index contributed by atoms with van der Waals surface area (Å²) in [6.07, 6.45) is -0.510. The molecule has 116 valence electrons. The minimum atomic E-state index is -0.551. The summed E-state index contributed by atoms with van der Waals surface area (Å²) in [4.78, 5) is 11.8. The number of nitrogens with two attached hydrogens (primary N) is 2. The molecule has 0 aliphatic heterocycles. The van der Waals surface area contributed by atoms with E-state index in [0.29, 0.717) is 17.1 Å². The van der Waals surface area contributed by atoms with E-state index in [1.807, 2.05) is 45.0 Å². The zero-order valence-electron chi connectivity index (χ0n) is 13.0. The molecule has 0 aliphatic rings. The quantitative estimate of drug-likeness (QED) is 0.734. The topological polar surface area (TPSA) is 90.4 Å². The molecule has 0 aromatic heterocycles. The second kappa shape index (κ2) is 5.97. The van der Waals surface area contributed by atoms with Crippen molar-refractivity contribution in [2.24, 2.45) is 0 Å². The highest BCUT2D eigenvalue weighted by atomic mass is 16.6. The minimum Gasteiger partial charge on any atom is -0.444 e. The van der Waals surface area contributed by atoms with E-state index in [2.05, 4.69) is 5.32 Å². The summed E-state index contributed by atoms with van der Waals surface area (Å²) in [6.45, 7) is 5.43. The molecule has 0 fully saturated rings. The van der Waals surface area contributed by atoms with E-state index >= 15 is 0 Å². The fourth-order valence-electron chi connectivity index (χ4n) is 2.03. The van der Waals surface area contributed by atoms with E-state index in [1.54, 1.807) is 18.2 Å². The molecular weight excluding hydrogens is 278 g/mol. The van der Waals surface area contributed by atoms with Gasteiger partial charge in [0.15, 0.2) is 0 Å². The third-order valence-corrected chi connectivity index (χ3v) is 2.95. The van der Waals surface area contributed by atoms with Gasteiger partial charge in [-0.1, -0.05) is 18.2 Å². The Kier molecular flexibility index (Phi) is 4.26. The lowest BCUT2D eigenvalue weighted by atomic mass is 10.0. The van der Waals surface area contributed by atoms with E-state index in [-0.39, 0.29) is 0 Å². The second-order valence-electron chi connectivity index (χ2n) is 6.02. The van der Waals surface area contributed by atoms with Gasteiger partial charge in [-0.3, -0.25) is 5.32 Å². The van der Waals surface area contributed by atoms with E-state index in [1.165, 1.54) is 0 Å². The molecule has 0 heterocycles. The maximum atomic E-state index is 11.8. The van der Waals surface area contributed by atoms with Crippen LogP contribution in [0.2, 0.25) is 0 Å². The maximum absolute atomic E-state index is 11.8. The number of anilines is 3. The highest BCUT2D eigenvalue weighted by Gasteiger charge is 2.16. The van der Waals surface area contributed by atoms with Crippen LogP contribution in [0.1, 0.15) is 20.8 Å². The zero-order chi connectivity index (χ0) is 16.3. The number of carbonyl (C=O) groups is 1. The van der Waals surface area contributed by atoms with Gasteiger partial charge >= 0.3 is 6.09 Å². The van der Waals surface area contributed by atoms with Crippen LogP contribution >= 0.6 is 0 Å². The van der Waals surface area contributed by atoms with Gasteiger partial charge in [0.2, 0.25) is 0 Å². The van der Waals surface area contributed by atoms with Gasteiger partial charge in [0.1, 0.15) is 5.60 Å². The molecule has 0 saturated carbocycles. The van der Waals surface area contributed by atoms with E-state index < -0.39 is 11.7 Å². The van der Waals surface area contributed by atoms with Crippen molar-refractivity contribution in [1.29, 1.82) is 0 Å². The third-order valence-electron chi connectivity index (χ3n) is 2.95. The first kappa shape index (κ1) is 15.7. The molecule has 2 rings (SSSR count). The summed E-state index contributed by atoms with van der Waals surface area (Å²) in [5.74, 6) is 0. The van der Waals surface area contributed by atoms with Crippen molar-refractivity contribution in [1.82, 2.24) is 0 Å². The summed E-state index contributed by atoms with van der Waals surface area (Å²) in [5.41, 5.74) is 14.9. The number of nitrogen functional groups attached to an aromatic ring is 2. The van der Waals surface area contributed by atoms with Gasteiger partial charge in [-0.25, -0.2) is 4.79 Å². The Labute approximate surface area is 130 Å². The fraction of sp³-hybridized carbons (Fsp3) is 0.235. The Balaban J connectivity index is 2.28. The number of hydrogen-bond acceptors (Lipinski definition) is 4. The van der Waals surface area contributed by atoms with Crippen LogP contribution in [0.5, 0.6) is 0 Å². The Morgan fingerprint density at radius 3 is 2.27 bits per heavy atom. The number of nitrogens with one attached hydrogen (secondary N) is 1. The van der Waals surface area contributed by atoms with Crippen molar-refractivity contribution in [3.8, 4) is 11.1 Å². The normalized spacial score (nSPS) is 11.0. The number of hydrogen-bond donors (Lipinski definition) is 3. The average molecular weight is 299 g/mol. The van der Waals surface area contributed by atoms with Gasteiger partial charge in [-0.05, 0) is 45.0 Å². The first-order valence-electron chi connectivity index (χ1n) is 7.01. The first-order chi connectivity index (χ1) is 10.3. The van der Waals surface area contributed by atoms with Crippen molar-refractivity contribution in [2.45, 2.75) is 26.4 Å². The second-order valence-corrected chi connectivity index (χ2v) is 6.02. The van der Waals surface area contributed by atoms with E-state index in [4.69, 9.17) is 16.2 Å². The van der Waals surface area contributed by atoms with Crippen LogP contribution in [-0.2, 0) is 4.74 Å². The van der Waals surface area contributed by atoms with Crippen molar-refractivity contribution < 1.29 is 9.53 Å². The maximum Gasteiger partial charge on any atom is 0.412 e. The Hall–Kier alpha value is -2.69. The molecule has 0 bridgehead atoms. The van der Waals surface area contributed by atoms with E-state index in [0.717, 1.165) is 11.1 Å². The summed E-state index contributed by atoms with van der Waals surface area (Å²) in [7, 11) is 0. The van der Waals surface area contributed by atoms with Crippen molar-refractivity contribution in [3.63, 3.8) is 0 Å². The summed E-state index contributed by atoms with van der Waals surface area (Å²) >= 11 is 0. The molecule has 2 aromatic carbocycles. The number of ether oxygens (including phenoxy) is 1. The average Bonchev–Trinajstić information content (AvgIpc) is 2.39. The minimum absolute atomic E-state index is 0.510. The van der Waals surface area contributed by atoms with Gasteiger partial charge in [-0.15, -0.1) is 0 Å². The van der Waals surface area contributed by atoms with Gasteiger partial charge in [0, 0.05) is 28.2 Å². The molecule has 0 radical (unpaired) electrons. The number of carbonyl (C=O) groups excluding carboxylic acids is 1. The molecule has 5 nitrogen and oxygen atoms in total. The van der Waals surface area contributed by atoms with Crippen LogP contribution in [0.15, 0.2) is 42.5 Å². The van der Waals surface area contributed by atoms with Crippen LogP contribution in [0.25, 0.3) is 11.1 Å². The molecule has 0 spiro atoms. The predicted octanol–water partition coefficient (Wildman–Crippen LogP) is 3.87. The van der Waals surface area contributed by atoms with Crippen LogP contribution in [0, 0.1) is 0 Å². The van der Waals surface area contributed by atoms with Crippen molar-refractivity contribution >= 4 is 23.2 Å². The molecule has 22 heavy (non-hydrogen) atoms. The Morgan fingerprint density at radius 1 is 1.00 bits per heavy atom. The van der Waals surface area contributed by atoms with Crippen molar-refractivity contribution in [3.05, 3.63) is 42.5 Å². The molecule has 0 unspecified atom stereocenters. The molecule has 2 aromatic rings. The molecule has 0 saturated heterocycles. The molecule has 1 amide bonds. The van der Waals surface area contributed by atoms with Gasteiger partial charge in [0.05, 0.1) is 0 Å². The highest BCUT2D eigenvalue weighted by Crippen LogP contribution is 2.32. The fourth-order valence-corrected chi connectivity index (χ4v) is 2.03. The third kappa shape index (κ3) is 3.91. The summed E-state index contributed by atoms with van der Waals surface area (Å²) < 4.78 is 5.24. The van der Waals surface area contributed by atoms with Gasteiger partial charge in [-0.2, -0.15) is 0 Å². The van der Waals surface area contributed by atoms with Gasteiger partial charge < -0.3 is 16.2 Å². The molecule has 0 aliphatic carbocycles. The van der Waals surface area contributed by atoms with Crippen molar-refractivity contribution in [2.75, 3.05) is 16.8 Å². The molecule has 5 heteroatoms. The Bertz CT molecular complexity index is 691. The highest BCUT2D eigenvalue weighted by molar-refractivity contribution is 5.90. The Morgan fingerprint density at radius 2 is 1.64 bits per heavy atom. The van der Waals surface area contributed by atoms with Crippen LogP contribution < -0.4 is 16.8 Å². The zero-order valence-corrected chi connectivity index (χ0v) is 13.0. The lowest BCUT2D eigenvalue weighted by Crippen LogP contribution is -2.27. The standard InChI is InChI=1S/C17H21N3O2/c1-17(2,3)22-16(21)20-11-8-9-15(19)13(10-11)12-6-4-5-7-14(12)18/h4-10H,18-19H2,1-3H3,(H,20,21).